The molecule has 4 nitrogen and oxygen atoms in total. The average Bonchev–Trinajstić information content (AvgIpc) is 2.04. The molecule has 0 amide bonds. The van der Waals surface area contributed by atoms with Crippen LogP contribution in [0, 0.1) is 0 Å². The van der Waals surface area contributed by atoms with E-state index < -0.39 is 6.04 Å². The molecule has 1 unspecified atom stereocenters. The van der Waals surface area contributed by atoms with Crippen LogP contribution >= 0.6 is 23.2 Å². The molecule has 1 heterocycles. The molecule has 0 bridgehead atoms. The van der Waals surface area contributed by atoms with Gasteiger partial charge in [-0.1, -0.05) is 23.2 Å². The second kappa shape index (κ2) is 4.72. The van der Waals surface area contributed by atoms with Crippen molar-refractivity contribution in [3.8, 4) is 0 Å². The summed E-state index contributed by atoms with van der Waals surface area (Å²) in [6.45, 7) is -0.0251. The molecule has 0 fully saturated rings. The fraction of sp³-hybridized carbons (Fsp3) is 0.429. The van der Waals surface area contributed by atoms with Gasteiger partial charge in [0.1, 0.15) is 16.6 Å². The fourth-order valence-corrected chi connectivity index (χ4v) is 1.54. The van der Waals surface area contributed by atoms with Crippen molar-refractivity contribution >= 4 is 23.2 Å². The normalized spacial score (nSPS) is 12.9. The van der Waals surface area contributed by atoms with E-state index in [0.717, 1.165) is 0 Å². The summed E-state index contributed by atoms with van der Waals surface area (Å²) in [6.07, 6.45) is 1.65. The van der Waals surface area contributed by atoms with Gasteiger partial charge in [0.15, 0.2) is 0 Å². The first kappa shape index (κ1) is 10.7. The quantitative estimate of drug-likeness (QED) is 0.753. The summed E-state index contributed by atoms with van der Waals surface area (Å²) in [7, 11) is 0. The number of hydrogen-bond donors (Lipinski definition) is 2. The number of rotatable bonds is 3. The van der Waals surface area contributed by atoms with Crippen molar-refractivity contribution in [2.24, 2.45) is 5.73 Å². The average molecular weight is 222 g/mol. The predicted octanol–water partition coefficient (Wildman–Crippen LogP) is 1.17. The van der Waals surface area contributed by atoms with Crippen molar-refractivity contribution in [1.29, 1.82) is 0 Å². The highest BCUT2D eigenvalue weighted by molar-refractivity contribution is 6.34. The highest BCUT2D eigenvalue weighted by Crippen LogP contribution is 2.26. The molecule has 1 atom stereocenters. The maximum Gasteiger partial charge on any atom is 0.138 e. The number of hydrogen-bond acceptors (Lipinski definition) is 4. The largest absolute Gasteiger partial charge is 0.396 e. The predicted molar refractivity (Wildman–Crippen MR) is 50.7 cm³/mol. The third-order valence-corrected chi connectivity index (χ3v) is 2.20. The molecule has 1 aromatic rings. The Kier molecular flexibility index (Phi) is 3.87. The second-order valence-corrected chi connectivity index (χ2v) is 3.20. The lowest BCUT2D eigenvalue weighted by Gasteiger charge is -2.11. The maximum absolute atomic E-state index is 8.67. The summed E-state index contributed by atoms with van der Waals surface area (Å²) < 4.78 is 0. The van der Waals surface area contributed by atoms with E-state index in [1.165, 1.54) is 6.33 Å². The van der Waals surface area contributed by atoms with E-state index >= 15 is 0 Å². The molecule has 0 spiro atoms. The third-order valence-electron chi connectivity index (χ3n) is 1.60. The first-order valence-corrected chi connectivity index (χ1v) is 4.44. The van der Waals surface area contributed by atoms with Crippen LogP contribution in [0.2, 0.25) is 10.3 Å². The van der Waals surface area contributed by atoms with E-state index in [4.69, 9.17) is 34.0 Å². The molecule has 6 heteroatoms. The molecule has 0 aliphatic heterocycles. The summed E-state index contributed by atoms with van der Waals surface area (Å²) in [5.41, 5.74) is 6.18. The molecule has 0 saturated carbocycles. The molecule has 0 aromatic carbocycles. The zero-order valence-corrected chi connectivity index (χ0v) is 8.26. The summed E-state index contributed by atoms with van der Waals surface area (Å²) >= 11 is 11.5. The fourth-order valence-electron chi connectivity index (χ4n) is 0.944. The van der Waals surface area contributed by atoms with Crippen molar-refractivity contribution in [3.63, 3.8) is 0 Å². The van der Waals surface area contributed by atoms with Gasteiger partial charge in [-0.15, -0.1) is 0 Å². The maximum atomic E-state index is 8.67. The zero-order chi connectivity index (χ0) is 9.84. The number of halogens is 2. The Hall–Kier alpha value is -0.420. The molecular formula is C7H9Cl2N3O. The molecule has 1 aromatic heterocycles. The smallest absolute Gasteiger partial charge is 0.138 e. The van der Waals surface area contributed by atoms with Crippen LogP contribution < -0.4 is 5.73 Å². The standard InChI is InChI=1S/C7H9Cl2N3O/c8-6-5(4(10)1-2-13)7(9)12-3-11-6/h3-4,13H,1-2,10H2. The van der Waals surface area contributed by atoms with Crippen molar-refractivity contribution in [2.75, 3.05) is 6.61 Å². The van der Waals surface area contributed by atoms with Crippen molar-refractivity contribution < 1.29 is 5.11 Å². The molecule has 0 aliphatic carbocycles. The Labute approximate surface area is 85.7 Å². The minimum atomic E-state index is -0.425. The van der Waals surface area contributed by atoms with E-state index in [1.54, 1.807) is 0 Å². The lowest BCUT2D eigenvalue weighted by molar-refractivity contribution is 0.276. The van der Waals surface area contributed by atoms with Crippen LogP contribution in [-0.4, -0.2) is 21.7 Å². The molecule has 1 rings (SSSR count). The van der Waals surface area contributed by atoms with E-state index in [1.807, 2.05) is 0 Å². The lowest BCUT2D eigenvalue weighted by atomic mass is 10.1. The Morgan fingerprint density at radius 2 is 1.92 bits per heavy atom. The van der Waals surface area contributed by atoms with Crippen LogP contribution in [-0.2, 0) is 0 Å². The number of aliphatic hydroxyl groups excluding tert-OH is 1. The monoisotopic (exact) mass is 221 g/mol. The number of aliphatic hydroxyl groups is 1. The van der Waals surface area contributed by atoms with E-state index in [-0.39, 0.29) is 16.9 Å². The third kappa shape index (κ3) is 2.51. The van der Waals surface area contributed by atoms with Gasteiger partial charge in [0.25, 0.3) is 0 Å². The van der Waals surface area contributed by atoms with Gasteiger partial charge in [-0.25, -0.2) is 9.97 Å². The van der Waals surface area contributed by atoms with Crippen LogP contribution in [0.3, 0.4) is 0 Å². The number of aromatic nitrogens is 2. The van der Waals surface area contributed by atoms with Gasteiger partial charge in [-0.2, -0.15) is 0 Å². The molecule has 3 N–H and O–H groups in total. The summed E-state index contributed by atoms with van der Waals surface area (Å²) in [4.78, 5) is 7.50. The molecule has 0 radical (unpaired) electrons. The molecule has 0 saturated heterocycles. The van der Waals surface area contributed by atoms with Gasteiger partial charge in [-0.05, 0) is 6.42 Å². The van der Waals surface area contributed by atoms with Crippen molar-refractivity contribution in [1.82, 2.24) is 9.97 Å². The highest BCUT2D eigenvalue weighted by Gasteiger charge is 2.15. The molecule has 0 aliphatic rings. The minimum Gasteiger partial charge on any atom is -0.396 e. The van der Waals surface area contributed by atoms with Crippen LogP contribution in [0.15, 0.2) is 6.33 Å². The van der Waals surface area contributed by atoms with Crippen molar-refractivity contribution in [3.05, 3.63) is 22.2 Å². The zero-order valence-electron chi connectivity index (χ0n) is 6.74. The van der Waals surface area contributed by atoms with Gasteiger partial charge < -0.3 is 10.8 Å². The molecule has 13 heavy (non-hydrogen) atoms. The van der Waals surface area contributed by atoms with Crippen LogP contribution in [0.5, 0.6) is 0 Å². The van der Waals surface area contributed by atoms with Gasteiger partial charge in [0.2, 0.25) is 0 Å². The van der Waals surface area contributed by atoms with E-state index in [2.05, 4.69) is 9.97 Å². The topological polar surface area (TPSA) is 72.0 Å². The van der Waals surface area contributed by atoms with Crippen LogP contribution in [0.25, 0.3) is 0 Å². The second-order valence-electron chi connectivity index (χ2n) is 2.49. The van der Waals surface area contributed by atoms with Crippen LogP contribution in [0.1, 0.15) is 18.0 Å². The first-order chi connectivity index (χ1) is 6.16. The Bertz CT molecular complexity index is 275. The number of nitrogens with two attached hydrogens (primary N) is 1. The molecular weight excluding hydrogens is 213 g/mol. The van der Waals surface area contributed by atoms with Gasteiger partial charge in [0.05, 0.1) is 0 Å². The lowest BCUT2D eigenvalue weighted by Crippen LogP contribution is -2.14. The Morgan fingerprint density at radius 1 is 1.38 bits per heavy atom. The Morgan fingerprint density at radius 3 is 2.38 bits per heavy atom. The summed E-state index contributed by atoms with van der Waals surface area (Å²) in [5, 5.41) is 9.15. The van der Waals surface area contributed by atoms with E-state index in [9.17, 15) is 0 Å². The van der Waals surface area contributed by atoms with Crippen molar-refractivity contribution in [2.45, 2.75) is 12.5 Å². The summed E-state index contributed by atoms with van der Waals surface area (Å²) in [5.74, 6) is 0. The van der Waals surface area contributed by atoms with Gasteiger partial charge in [0, 0.05) is 18.2 Å². The van der Waals surface area contributed by atoms with Crippen LogP contribution in [0.4, 0.5) is 0 Å². The van der Waals surface area contributed by atoms with E-state index in [0.29, 0.717) is 12.0 Å². The first-order valence-electron chi connectivity index (χ1n) is 3.69. The highest BCUT2D eigenvalue weighted by atomic mass is 35.5. The minimum absolute atomic E-state index is 0.0251. The summed E-state index contributed by atoms with van der Waals surface area (Å²) in [6, 6.07) is -0.425. The van der Waals surface area contributed by atoms with Gasteiger partial charge >= 0.3 is 0 Å². The number of nitrogens with zero attached hydrogens (tertiary/aromatic N) is 2. The SMILES string of the molecule is NC(CCO)c1c(Cl)ncnc1Cl. The molecule has 72 valence electrons. The Balaban J connectivity index is 2.98. The van der Waals surface area contributed by atoms with Gasteiger partial charge in [-0.3, -0.25) is 0 Å².